The SMILES string of the molecule is C1=CC(C2(c3ccccc3)c3ccccc3Oc3cccc(-c4ccc5ccc6ccc(-c7ccccc7)nc6c5n4)c32)=CCC1. The third kappa shape index (κ3) is 4.05. The van der Waals surface area contributed by atoms with Crippen molar-refractivity contribution in [3.63, 3.8) is 0 Å². The third-order valence-electron chi connectivity index (χ3n) is 9.41. The van der Waals surface area contributed by atoms with Crippen molar-refractivity contribution < 1.29 is 4.74 Å². The summed E-state index contributed by atoms with van der Waals surface area (Å²) in [7, 11) is 0. The normalized spacial score (nSPS) is 16.8. The average molecular weight is 591 g/mol. The quantitative estimate of drug-likeness (QED) is 0.191. The summed E-state index contributed by atoms with van der Waals surface area (Å²) in [5, 5.41) is 2.13. The van der Waals surface area contributed by atoms with Crippen LogP contribution in [0.3, 0.4) is 0 Å². The molecule has 0 saturated carbocycles. The van der Waals surface area contributed by atoms with Crippen LogP contribution in [0, 0.1) is 0 Å². The monoisotopic (exact) mass is 590 g/mol. The summed E-state index contributed by atoms with van der Waals surface area (Å²) in [6.07, 6.45) is 9.06. The van der Waals surface area contributed by atoms with Crippen LogP contribution in [0.5, 0.6) is 11.5 Å². The molecule has 1 atom stereocenters. The van der Waals surface area contributed by atoms with Crippen LogP contribution in [-0.2, 0) is 5.41 Å². The number of pyridine rings is 2. The summed E-state index contributed by atoms with van der Waals surface area (Å²) in [6.45, 7) is 0. The predicted molar refractivity (Wildman–Crippen MR) is 187 cm³/mol. The van der Waals surface area contributed by atoms with E-state index in [1.165, 1.54) is 11.1 Å². The Balaban J connectivity index is 1.34. The maximum Gasteiger partial charge on any atom is 0.132 e. The van der Waals surface area contributed by atoms with E-state index in [1.54, 1.807) is 0 Å². The van der Waals surface area contributed by atoms with Crippen molar-refractivity contribution in [3.8, 4) is 34.0 Å². The lowest BCUT2D eigenvalue weighted by atomic mass is 9.61. The Morgan fingerprint density at radius 1 is 0.543 bits per heavy atom. The zero-order valence-corrected chi connectivity index (χ0v) is 25.2. The fourth-order valence-electron chi connectivity index (χ4n) is 7.37. The van der Waals surface area contributed by atoms with Crippen molar-refractivity contribution in [3.05, 3.63) is 180 Å². The van der Waals surface area contributed by atoms with Gasteiger partial charge in [0, 0.05) is 33.0 Å². The Kier molecular flexibility index (Phi) is 6.17. The molecule has 0 spiro atoms. The number of fused-ring (bicyclic) bond motifs is 5. The van der Waals surface area contributed by atoms with Crippen molar-refractivity contribution in [2.75, 3.05) is 0 Å². The van der Waals surface area contributed by atoms with Gasteiger partial charge in [0.15, 0.2) is 0 Å². The topological polar surface area (TPSA) is 35.0 Å². The van der Waals surface area contributed by atoms with Gasteiger partial charge in [-0.1, -0.05) is 133 Å². The first-order valence-corrected chi connectivity index (χ1v) is 15.9. The van der Waals surface area contributed by atoms with Crippen LogP contribution in [0.4, 0.5) is 0 Å². The molecular formula is C43H30N2O. The Hall–Kier alpha value is -5.80. The van der Waals surface area contributed by atoms with Crippen LogP contribution in [-0.4, -0.2) is 9.97 Å². The number of aromatic nitrogens is 2. The van der Waals surface area contributed by atoms with Crippen LogP contribution in [0.1, 0.15) is 29.5 Å². The molecule has 0 bridgehead atoms. The minimum Gasteiger partial charge on any atom is -0.457 e. The molecule has 3 heterocycles. The molecule has 0 N–H and O–H groups in total. The second kappa shape index (κ2) is 10.7. The minimum absolute atomic E-state index is 0.590. The molecule has 0 amide bonds. The maximum atomic E-state index is 6.74. The number of para-hydroxylation sites is 1. The number of ether oxygens (including phenoxy) is 1. The van der Waals surface area contributed by atoms with Crippen LogP contribution in [0.2, 0.25) is 0 Å². The molecule has 1 aliphatic heterocycles. The van der Waals surface area contributed by atoms with E-state index < -0.39 is 5.41 Å². The summed E-state index contributed by atoms with van der Waals surface area (Å²) in [6, 6.07) is 48.9. The third-order valence-corrected chi connectivity index (χ3v) is 9.41. The highest BCUT2D eigenvalue weighted by Gasteiger charge is 2.47. The highest BCUT2D eigenvalue weighted by molar-refractivity contribution is 6.04. The number of allylic oxidation sites excluding steroid dienone is 4. The molecule has 1 unspecified atom stereocenters. The molecule has 5 aromatic carbocycles. The van der Waals surface area contributed by atoms with Gasteiger partial charge >= 0.3 is 0 Å². The number of hydrogen-bond acceptors (Lipinski definition) is 3. The fraction of sp³-hybridized carbons (Fsp3) is 0.0698. The molecule has 3 nitrogen and oxygen atoms in total. The van der Waals surface area contributed by atoms with Gasteiger partial charge in [-0.05, 0) is 48.2 Å². The molecule has 9 rings (SSSR count). The first kappa shape index (κ1) is 26.6. The fourth-order valence-corrected chi connectivity index (χ4v) is 7.37. The van der Waals surface area contributed by atoms with Gasteiger partial charge in [0.25, 0.3) is 0 Å². The number of hydrogen-bond donors (Lipinski definition) is 0. The maximum absolute atomic E-state index is 6.74. The number of rotatable bonds is 4. The average Bonchev–Trinajstić information content (AvgIpc) is 3.14. The van der Waals surface area contributed by atoms with Crippen LogP contribution in [0.25, 0.3) is 44.3 Å². The van der Waals surface area contributed by atoms with Gasteiger partial charge in [0.2, 0.25) is 0 Å². The van der Waals surface area contributed by atoms with E-state index in [0.29, 0.717) is 0 Å². The highest BCUT2D eigenvalue weighted by atomic mass is 16.5. The molecule has 0 saturated heterocycles. The lowest BCUT2D eigenvalue weighted by molar-refractivity contribution is 0.434. The van der Waals surface area contributed by atoms with Gasteiger partial charge in [-0.2, -0.15) is 0 Å². The van der Waals surface area contributed by atoms with E-state index >= 15 is 0 Å². The Morgan fingerprint density at radius 3 is 1.96 bits per heavy atom. The van der Waals surface area contributed by atoms with Crippen molar-refractivity contribution in [2.24, 2.45) is 0 Å². The van der Waals surface area contributed by atoms with Crippen molar-refractivity contribution in [1.82, 2.24) is 9.97 Å². The standard InChI is InChI=1S/C43H30N2O/c1-4-13-29(14-5-1)36-27-25-30-23-24-31-26-28-37(45-42(31)41(30)44-36)34-19-12-22-39-40(34)43(32-15-6-2-7-16-32,33-17-8-3-9-18-33)35-20-10-11-21-38(35)46-39/h1-2,4-8,10-28H,3,9H2. The van der Waals surface area contributed by atoms with E-state index in [9.17, 15) is 0 Å². The minimum atomic E-state index is -0.590. The second-order valence-corrected chi connectivity index (χ2v) is 12.0. The first-order chi connectivity index (χ1) is 22.8. The molecule has 46 heavy (non-hydrogen) atoms. The summed E-state index contributed by atoms with van der Waals surface area (Å²) in [5.74, 6) is 1.73. The molecule has 0 radical (unpaired) electrons. The molecule has 0 fully saturated rings. The second-order valence-electron chi connectivity index (χ2n) is 12.0. The number of nitrogens with zero attached hydrogens (tertiary/aromatic N) is 2. The molecule has 1 aliphatic carbocycles. The van der Waals surface area contributed by atoms with Gasteiger partial charge in [0.05, 0.1) is 27.8 Å². The predicted octanol–water partition coefficient (Wildman–Crippen LogP) is 10.8. The van der Waals surface area contributed by atoms with E-state index in [1.807, 2.05) is 6.07 Å². The zero-order chi connectivity index (χ0) is 30.5. The lowest BCUT2D eigenvalue weighted by Crippen LogP contribution is -2.35. The Morgan fingerprint density at radius 2 is 1.20 bits per heavy atom. The van der Waals surface area contributed by atoms with E-state index in [2.05, 4.69) is 152 Å². The van der Waals surface area contributed by atoms with Gasteiger partial charge in [-0.15, -0.1) is 0 Å². The van der Waals surface area contributed by atoms with Crippen molar-refractivity contribution in [2.45, 2.75) is 18.3 Å². The zero-order valence-electron chi connectivity index (χ0n) is 25.2. The largest absolute Gasteiger partial charge is 0.457 e. The van der Waals surface area contributed by atoms with Crippen LogP contribution >= 0.6 is 0 Å². The molecule has 218 valence electrons. The van der Waals surface area contributed by atoms with Gasteiger partial charge in [-0.25, -0.2) is 9.97 Å². The molecule has 7 aromatic rings. The van der Waals surface area contributed by atoms with E-state index in [-0.39, 0.29) is 0 Å². The van der Waals surface area contributed by atoms with Crippen molar-refractivity contribution in [1.29, 1.82) is 0 Å². The summed E-state index contributed by atoms with van der Waals surface area (Å²) < 4.78 is 6.74. The first-order valence-electron chi connectivity index (χ1n) is 15.9. The molecule has 2 aliphatic rings. The van der Waals surface area contributed by atoms with Gasteiger partial charge in [0.1, 0.15) is 11.5 Å². The number of benzene rings is 5. The summed E-state index contributed by atoms with van der Waals surface area (Å²) in [5.41, 5.74) is 9.90. The summed E-state index contributed by atoms with van der Waals surface area (Å²) in [4.78, 5) is 10.6. The molecule has 2 aromatic heterocycles. The summed E-state index contributed by atoms with van der Waals surface area (Å²) >= 11 is 0. The molecular weight excluding hydrogens is 560 g/mol. The highest BCUT2D eigenvalue weighted by Crippen LogP contribution is 2.58. The lowest BCUT2D eigenvalue weighted by Gasteiger charge is -2.43. The van der Waals surface area contributed by atoms with Crippen molar-refractivity contribution >= 4 is 21.8 Å². The van der Waals surface area contributed by atoms with Gasteiger partial charge in [-0.3, -0.25) is 0 Å². The van der Waals surface area contributed by atoms with E-state index in [4.69, 9.17) is 14.7 Å². The Labute approximate surface area is 268 Å². The van der Waals surface area contributed by atoms with Gasteiger partial charge < -0.3 is 4.74 Å². The molecule has 3 heteroatoms. The van der Waals surface area contributed by atoms with Crippen LogP contribution in [0.15, 0.2) is 163 Å². The Bertz CT molecular complexity index is 2340. The van der Waals surface area contributed by atoms with Crippen LogP contribution < -0.4 is 4.74 Å². The smallest absolute Gasteiger partial charge is 0.132 e. The van der Waals surface area contributed by atoms with E-state index in [0.717, 1.165) is 79.8 Å².